The summed E-state index contributed by atoms with van der Waals surface area (Å²) in [5.41, 5.74) is 0. The van der Waals surface area contributed by atoms with Crippen molar-refractivity contribution in [2.75, 3.05) is 19.6 Å². The van der Waals surface area contributed by atoms with E-state index in [2.05, 4.69) is 30.6 Å². The van der Waals surface area contributed by atoms with Gasteiger partial charge in [0.25, 0.3) is 0 Å². The Balaban J connectivity index is 2.86. The molecule has 2 N–H and O–H groups in total. The largest absolute Gasteiger partial charge is 0.391 e. The van der Waals surface area contributed by atoms with Gasteiger partial charge in [-0.2, -0.15) is 0 Å². The molecular formula is C7H16N2. The van der Waals surface area contributed by atoms with Crippen molar-refractivity contribution < 1.29 is 0 Å². The number of hydrogen-bond donors (Lipinski definition) is 2. The van der Waals surface area contributed by atoms with E-state index in [-0.39, 0.29) is 0 Å². The van der Waals surface area contributed by atoms with E-state index in [1.807, 2.05) is 6.20 Å². The Hall–Kier alpha value is -0.500. The predicted octanol–water partition coefficient (Wildman–Crippen LogP) is 0.719. The second kappa shape index (κ2) is 7.50. The average molecular weight is 128 g/mol. The fourth-order valence-electron chi connectivity index (χ4n) is 0.488. The summed E-state index contributed by atoms with van der Waals surface area (Å²) in [6, 6.07) is 0. The van der Waals surface area contributed by atoms with Crippen molar-refractivity contribution in [3.05, 3.63) is 12.3 Å². The van der Waals surface area contributed by atoms with Crippen molar-refractivity contribution in [2.45, 2.75) is 13.8 Å². The topological polar surface area (TPSA) is 24.1 Å². The molecular weight excluding hydrogens is 112 g/mol. The van der Waals surface area contributed by atoms with Crippen LogP contribution in [0.1, 0.15) is 13.8 Å². The van der Waals surface area contributed by atoms with Crippen molar-refractivity contribution in [3.8, 4) is 0 Å². The van der Waals surface area contributed by atoms with Gasteiger partial charge in [-0.1, -0.05) is 13.0 Å². The van der Waals surface area contributed by atoms with Gasteiger partial charge >= 0.3 is 0 Å². The molecule has 0 aliphatic carbocycles. The number of hydrogen-bond acceptors (Lipinski definition) is 2. The molecule has 0 atom stereocenters. The zero-order chi connectivity index (χ0) is 6.95. The molecule has 54 valence electrons. The minimum atomic E-state index is 0.962. The van der Waals surface area contributed by atoms with Gasteiger partial charge in [-0.25, -0.2) is 0 Å². The van der Waals surface area contributed by atoms with Gasteiger partial charge in [0.05, 0.1) is 0 Å². The molecule has 0 amide bonds. The van der Waals surface area contributed by atoms with Crippen LogP contribution in [0, 0.1) is 0 Å². The second-order valence-corrected chi connectivity index (χ2v) is 1.77. The Labute approximate surface area is 57.3 Å². The Morgan fingerprint density at radius 1 is 1.22 bits per heavy atom. The molecule has 2 heteroatoms. The number of nitrogens with one attached hydrogen (secondary N) is 2. The van der Waals surface area contributed by atoms with Crippen molar-refractivity contribution in [1.29, 1.82) is 0 Å². The summed E-state index contributed by atoms with van der Waals surface area (Å²) in [6.07, 6.45) is 4.05. The van der Waals surface area contributed by atoms with Gasteiger partial charge in [-0.05, 0) is 19.7 Å². The number of rotatable bonds is 5. The standard InChI is InChI=1S/C7H16N2/c1-3-8-6-5-7-9-4-2/h5-6,8-9H,3-4,7H2,1-2H3. The van der Waals surface area contributed by atoms with Crippen LogP contribution in [0.15, 0.2) is 12.3 Å². The molecule has 0 rings (SSSR count). The van der Waals surface area contributed by atoms with Gasteiger partial charge in [-0.15, -0.1) is 0 Å². The van der Waals surface area contributed by atoms with E-state index >= 15 is 0 Å². The third-order valence-corrected chi connectivity index (χ3v) is 0.952. The summed E-state index contributed by atoms with van der Waals surface area (Å²) in [5.74, 6) is 0. The van der Waals surface area contributed by atoms with E-state index < -0.39 is 0 Å². The van der Waals surface area contributed by atoms with Crippen LogP contribution in [0.25, 0.3) is 0 Å². The SMILES string of the molecule is CCNC=CCNCC. The lowest BCUT2D eigenvalue weighted by Crippen LogP contribution is -2.12. The zero-order valence-corrected chi connectivity index (χ0v) is 6.28. The van der Waals surface area contributed by atoms with Gasteiger partial charge in [-0.3, -0.25) is 0 Å². The highest BCUT2D eigenvalue weighted by molar-refractivity contribution is 4.80. The molecule has 0 bridgehead atoms. The molecule has 0 aromatic heterocycles. The first-order chi connectivity index (χ1) is 4.41. The Morgan fingerprint density at radius 3 is 2.56 bits per heavy atom. The third-order valence-electron chi connectivity index (χ3n) is 0.952. The first-order valence-corrected chi connectivity index (χ1v) is 3.51. The first kappa shape index (κ1) is 8.50. The van der Waals surface area contributed by atoms with Crippen molar-refractivity contribution in [3.63, 3.8) is 0 Å². The summed E-state index contributed by atoms with van der Waals surface area (Å²) < 4.78 is 0. The highest BCUT2D eigenvalue weighted by Crippen LogP contribution is 1.64. The second-order valence-electron chi connectivity index (χ2n) is 1.77. The third kappa shape index (κ3) is 7.50. The van der Waals surface area contributed by atoms with Gasteiger partial charge in [0, 0.05) is 13.1 Å². The van der Waals surface area contributed by atoms with Gasteiger partial charge in [0.2, 0.25) is 0 Å². The smallest absolute Gasteiger partial charge is 0.0151 e. The molecule has 0 aliphatic heterocycles. The average Bonchev–Trinajstić information content (AvgIpc) is 1.89. The van der Waals surface area contributed by atoms with Crippen LogP contribution in [0.5, 0.6) is 0 Å². The van der Waals surface area contributed by atoms with Crippen molar-refractivity contribution >= 4 is 0 Å². The van der Waals surface area contributed by atoms with Crippen LogP contribution in [0.4, 0.5) is 0 Å². The summed E-state index contributed by atoms with van der Waals surface area (Å²) in [5, 5.41) is 6.27. The van der Waals surface area contributed by atoms with E-state index in [0.717, 1.165) is 19.6 Å². The Bertz CT molecular complexity index is 69.3. The Morgan fingerprint density at radius 2 is 2.00 bits per heavy atom. The van der Waals surface area contributed by atoms with Crippen LogP contribution in [0.2, 0.25) is 0 Å². The van der Waals surface area contributed by atoms with E-state index in [0.29, 0.717) is 0 Å². The summed E-state index contributed by atoms with van der Waals surface area (Å²) in [7, 11) is 0. The normalized spacial score (nSPS) is 10.4. The fourth-order valence-corrected chi connectivity index (χ4v) is 0.488. The van der Waals surface area contributed by atoms with E-state index in [4.69, 9.17) is 0 Å². The lowest BCUT2D eigenvalue weighted by Gasteiger charge is -1.93. The van der Waals surface area contributed by atoms with Crippen LogP contribution in [-0.2, 0) is 0 Å². The van der Waals surface area contributed by atoms with Crippen molar-refractivity contribution in [2.24, 2.45) is 0 Å². The molecule has 0 saturated heterocycles. The molecule has 0 fully saturated rings. The molecule has 0 saturated carbocycles. The Kier molecular flexibility index (Phi) is 7.08. The fraction of sp³-hybridized carbons (Fsp3) is 0.714. The lowest BCUT2D eigenvalue weighted by molar-refractivity contribution is 0.793. The monoisotopic (exact) mass is 128 g/mol. The van der Waals surface area contributed by atoms with Gasteiger partial charge in [0.1, 0.15) is 0 Å². The maximum Gasteiger partial charge on any atom is 0.0151 e. The molecule has 0 spiro atoms. The molecule has 9 heavy (non-hydrogen) atoms. The maximum atomic E-state index is 3.18. The lowest BCUT2D eigenvalue weighted by atomic mass is 10.5. The van der Waals surface area contributed by atoms with Crippen LogP contribution >= 0.6 is 0 Å². The highest BCUT2D eigenvalue weighted by atomic mass is 14.8. The molecule has 0 aromatic rings. The summed E-state index contributed by atoms with van der Waals surface area (Å²) in [4.78, 5) is 0. The molecule has 0 aromatic carbocycles. The van der Waals surface area contributed by atoms with E-state index in [1.54, 1.807) is 0 Å². The first-order valence-electron chi connectivity index (χ1n) is 3.51. The molecule has 0 unspecified atom stereocenters. The highest BCUT2D eigenvalue weighted by Gasteiger charge is 1.72. The predicted molar refractivity (Wildman–Crippen MR) is 41.4 cm³/mol. The van der Waals surface area contributed by atoms with E-state index in [1.165, 1.54) is 0 Å². The van der Waals surface area contributed by atoms with E-state index in [9.17, 15) is 0 Å². The maximum absolute atomic E-state index is 3.18. The zero-order valence-electron chi connectivity index (χ0n) is 6.28. The minimum absolute atomic E-state index is 0.962. The molecule has 2 nitrogen and oxygen atoms in total. The van der Waals surface area contributed by atoms with Crippen LogP contribution in [0.3, 0.4) is 0 Å². The molecule has 0 heterocycles. The molecule has 0 aliphatic rings. The van der Waals surface area contributed by atoms with Gasteiger partial charge < -0.3 is 10.6 Å². The van der Waals surface area contributed by atoms with Crippen molar-refractivity contribution in [1.82, 2.24) is 10.6 Å². The minimum Gasteiger partial charge on any atom is -0.391 e. The summed E-state index contributed by atoms with van der Waals surface area (Å²) in [6.45, 7) is 7.18. The van der Waals surface area contributed by atoms with Gasteiger partial charge in [0.15, 0.2) is 0 Å². The summed E-state index contributed by atoms with van der Waals surface area (Å²) >= 11 is 0. The number of likely N-dealkylation sites (N-methyl/N-ethyl adjacent to an activating group) is 1. The molecule has 0 radical (unpaired) electrons. The van der Waals surface area contributed by atoms with Crippen LogP contribution < -0.4 is 10.6 Å². The quantitative estimate of drug-likeness (QED) is 0.533. The van der Waals surface area contributed by atoms with Crippen LogP contribution in [-0.4, -0.2) is 19.6 Å².